The quantitative estimate of drug-likeness (QED) is 0.682. The van der Waals surface area contributed by atoms with Gasteiger partial charge in [-0.15, -0.1) is 0 Å². The molecule has 0 N–H and O–H groups in total. The Morgan fingerprint density at radius 1 is 1.14 bits per heavy atom. The summed E-state index contributed by atoms with van der Waals surface area (Å²) in [4.78, 5) is 12.5. The first kappa shape index (κ1) is 15.9. The maximum atomic E-state index is 12.5. The first-order valence-electron chi connectivity index (χ1n) is 6.80. The Hall–Kier alpha value is -1.51. The Morgan fingerprint density at radius 2 is 1.90 bits per heavy atom. The minimum Gasteiger partial charge on any atom is -0.493 e. The van der Waals surface area contributed by atoms with Gasteiger partial charge in [0.05, 0.1) is 12.2 Å². The largest absolute Gasteiger partial charge is 0.493 e. The summed E-state index contributed by atoms with van der Waals surface area (Å²) in [7, 11) is 0. The molecule has 0 aromatic heterocycles. The fraction of sp³-hybridized carbons (Fsp3) is 0.235. The molecule has 2 nitrogen and oxygen atoms in total. The zero-order valence-corrected chi connectivity index (χ0v) is 13.2. The highest BCUT2D eigenvalue weighted by molar-refractivity contribution is 6.35. The second-order valence-corrected chi connectivity index (χ2v) is 5.52. The highest BCUT2D eigenvalue weighted by Gasteiger charge is 2.14. The van der Waals surface area contributed by atoms with Crippen molar-refractivity contribution in [1.29, 1.82) is 0 Å². The third-order valence-electron chi connectivity index (χ3n) is 3.02. The van der Waals surface area contributed by atoms with Crippen LogP contribution in [0.4, 0.5) is 0 Å². The van der Waals surface area contributed by atoms with Crippen LogP contribution in [0, 0.1) is 0 Å². The molecule has 0 atom stereocenters. The van der Waals surface area contributed by atoms with Crippen molar-refractivity contribution in [3.05, 3.63) is 63.6 Å². The van der Waals surface area contributed by atoms with E-state index < -0.39 is 0 Å². The first-order valence-corrected chi connectivity index (χ1v) is 7.56. The molecule has 21 heavy (non-hydrogen) atoms. The summed E-state index contributed by atoms with van der Waals surface area (Å²) < 4.78 is 5.62. The van der Waals surface area contributed by atoms with E-state index in [0.29, 0.717) is 28.0 Å². The summed E-state index contributed by atoms with van der Waals surface area (Å²) in [5.41, 5.74) is 1.34. The van der Waals surface area contributed by atoms with E-state index in [0.717, 1.165) is 12.0 Å². The molecule has 0 heterocycles. The third-order valence-corrected chi connectivity index (χ3v) is 3.60. The minimum atomic E-state index is -0.0223. The Kier molecular flexibility index (Phi) is 5.66. The van der Waals surface area contributed by atoms with Crippen LogP contribution in [0.3, 0.4) is 0 Å². The number of carbonyl (C=O) groups is 1. The van der Waals surface area contributed by atoms with E-state index in [2.05, 4.69) is 0 Å². The highest BCUT2D eigenvalue weighted by atomic mass is 35.5. The molecule has 2 aromatic rings. The van der Waals surface area contributed by atoms with Gasteiger partial charge in [0, 0.05) is 16.5 Å². The zero-order valence-electron chi connectivity index (χ0n) is 11.7. The van der Waals surface area contributed by atoms with Gasteiger partial charge in [-0.25, -0.2) is 0 Å². The van der Waals surface area contributed by atoms with Gasteiger partial charge >= 0.3 is 0 Å². The van der Waals surface area contributed by atoms with Crippen molar-refractivity contribution < 1.29 is 9.53 Å². The van der Waals surface area contributed by atoms with Crippen LogP contribution in [0.5, 0.6) is 5.75 Å². The Balaban J connectivity index is 2.20. The van der Waals surface area contributed by atoms with Crippen LogP contribution >= 0.6 is 23.2 Å². The van der Waals surface area contributed by atoms with Crippen molar-refractivity contribution in [3.63, 3.8) is 0 Å². The fourth-order valence-corrected chi connectivity index (χ4v) is 2.44. The average molecular weight is 323 g/mol. The molecule has 110 valence electrons. The number of hydrogen-bond acceptors (Lipinski definition) is 2. The fourth-order valence-electron chi connectivity index (χ4n) is 1.97. The van der Waals surface area contributed by atoms with Gasteiger partial charge in [-0.1, -0.05) is 48.3 Å². The van der Waals surface area contributed by atoms with E-state index in [1.807, 2.05) is 25.1 Å². The van der Waals surface area contributed by atoms with Gasteiger partial charge in [-0.3, -0.25) is 4.79 Å². The zero-order chi connectivity index (χ0) is 15.2. The minimum absolute atomic E-state index is 0.0223. The second kappa shape index (κ2) is 7.48. The molecule has 0 bridgehead atoms. The SMILES string of the molecule is CCCOc1ccccc1C(=O)Cc1ccc(Cl)cc1Cl. The van der Waals surface area contributed by atoms with Crippen LogP contribution in [0.2, 0.25) is 10.0 Å². The molecule has 0 fully saturated rings. The number of para-hydroxylation sites is 1. The molecular weight excluding hydrogens is 307 g/mol. The molecule has 0 aliphatic carbocycles. The van der Waals surface area contributed by atoms with E-state index in [9.17, 15) is 4.79 Å². The van der Waals surface area contributed by atoms with Crippen molar-refractivity contribution in [1.82, 2.24) is 0 Å². The average Bonchev–Trinajstić information content (AvgIpc) is 2.48. The monoisotopic (exact) mass is 322 g/mol. The van der Waals surface area contributed by atoms with Crippen LogP contribution < -0.4 is 4.74 Å². The molecule has 0 saturated heterocycles. The van der Waals surface area contributed by atoms with Crippen LogP contribution in [-0.4, -0.2) is 12.4 Å². The van der Waals surface area contributed by atoms with Crippen molar-refractivity contribution in [2.75, 3.05) is 6.61 Å². The Labute approximate surface area is 134 Å². The second-order valence-electron chi connectivity index (χ2n) is 4.68. The van der Waals surface area contributed by atoms with Gasteiger partial charge in [0.25, 0.3) is 0 Å². The van der Waals surface area contributed by atoms with E-state index in [-0.39, 0.29) is 12.2 Å². The number of ether oxygens (including phenoxy) is 1. The molecule has 4 heteroatoms. The van der Waals surface area contributed by atoms with Gasteiger partial charge < -0.3 is 4.74 Å². The van der Waals surface area contributed by atoms with Gasteiger partial charge in [-0.2, -0.15) is 0 Å². The van der Waals surface area contributed by atoms with Gasteiger partial charge in [0.1, 0.15) is 5.75 Å². The van der Waals surface area contributed by atoms with Gasteiger partial charge in [0.2, 0.25) is 0 Å². The van der Waals surface area contributed by atoms with Gasteiger partial charge in [-0.05, 0) is 36.2 Å². The van der Waals surface area contributed by atoms with E-state index in [1.165, 1.54) is 0 Å². The van der Waals surface area contributed by atoms with E-state index in [1.54, 1.807) is 24.3 Å². The molecule has 0 aliphatic heterocycles. The lowest BCUT2D eigenvalue weighted by Crippen LogP contribution is -2.07. The molecular formula is C17H16Cl2O2. The molecule has 2 aromatic carbocycles. The number of ketones is 1. The normalized spacial score (nSPS) is 10.4. The summed E-state index contributed by atoms with van der Waals surface area (Å²) in [5.74, 6) is 0.598. The topological polar surface area (TPSA) is 26.3 Å². The first-order chi connectivity index (χ1) is 10.1. The molecule has 0 spiro atoms. The number of halogens is 2. The van der Waals surface area contributed by atoms with Crippen LogP contribution in [0.15, 0.2) is 42.5 Å². The molecule has 0 saturated carbocycles. The standard InChI is InChI=1S/C17H16Cl2O2/c1-2-9-21-17-6-4-3-5-14(17)16(20)10-12-7-8-13(18)11-15(12)19/h3-8,11H,2,9-10H2,1H3. The Morgan fingerprint density at radius 3 is 2.62 bits per heavy atom. The van der Waals surface area contributed by atoms with Gasteiger partial charge in [0.15, 0.2) is 5.78 Å². The van der Waals surface area contributed by atoms with Crippen molar-refractivity contribution in [2.24, 2.45) is 0 Å². The summed E-state index contributed by atoms with van der Waals surface area (Å²) in [6.45, 7) is 2.61. The molecule has 0 radical (unpaired) electrons. The lowest BCUT2D eigenvalue weighted by molar-refractivity contribution is 0.0989. The smallest absolute Gasteiger partial charge is 0.171 e. The molecule has 0 amide bonds. The lowest BCUT2D eigenvalue weighted by Gasteiger charge is -2.10. The predicted molar refractivity (Wildman–Crippen MR) is 86.7 cm³/mol. The molecule has 0 aliphatic rings. The van der Waals surface area contributed by atoms with Crippen LogP contribution in [-0.2, 0) is 6.42 Å². The van der Waals surface area contributed by atoms with Crippen molar-refractivity contribution in [3.8, 4) is 5.75 Å². The highest BCUT2D eigenvalue weighted by Crippen LogP contribution is 2.25. The van der Waals surface area contributed by atoms with Crippen LogP contribution in [0.1, 0.15) is 29.3 Å². The van der Waals surface area contributed by atoms with Crippen LogP contribution in [0.25, 0.3) is 0 Å². The maximum Gasteiger partial charge on any atom is 0.171 e. The lowest BCUT2D eigenvalue weighted by atomic mass is 10.0. The Bertz CT molecular complexity index is 638. The third kappa shape index (κ3) is 4.23. The maximum absolute atomic E-state index is 12.5. The summed E-state index contributed by atoms with van der Waals surface area (Å²) in [5, 5.41) is 1.06. The predicted octanol–water partition coefficient (Wildman–Crippen LogP) is 5.21. The van der Waals surface area contributed by atoms with Crippen molar-refractivity contribution in [2.45, 2.75) is 19.8 Å². The molecule has 2 rings (SSSR count). The summed E-state index contributed by atoms with van der Waals surface area (Å²) in [6, 6.07) is 12.4. The molecule has 0 unspecified atom stereocenters. The number of carbonyl (C=O) groups excluding carboxylic acids is 1. The number of benzene rings is 2. The number of Topliss-reactive ketones (excluding diaryl/α,β-unsaturated/α-hetero) is 1. The summed E-state index contributed by atoms with van der Waals surface area (Å²) >= 11 is 12.0. The van der Waals surface area contributed by atoms with E-state index in [4.69, 9.17) is 27.9 Å². The number of hydrogen-bond donors (Lipinski definition) is 0. The van der Waals surface area contributed by atoms with Crippen molar-refractivity contribution >= 4 is 29.0 Å². The van der Waals surface area contributed by atoms with E-state index >= 15 is 0 Å². The number of rotatable bonds is 6. The summed E-state index contributed by atoms with van der Waals surface area (Å²) in [6.07, 6.45) is 1.12.